The summed E-state index contributed by atoms with van der Waals surface area (Å²) in [6, 6.07) is 9.14. The summed E-state index contributed by atoms with van der Waals surface area (Å²) < 4.78 is 10.3. The summed E-state index contributed by atoms with van der Waals surface area (Å²) in [5.74, 6) is -9.52. The molecular weight excluding hydrogens is 456 g/mol. The summed E-state index contributed by atoms with van der Waals surface area (Å²) in [4.78, 5) is 48.1. The lowest BCUT2D eigenvalue weighted by molar-refractivity contribution is -0.371. The quantitative estimate of drug-likeness (QED) is 0.238. The number of aliphatic hydroxyl groups excluding tert-OH is 2. The van der Waals surface area contributed by atoms with Crippen LogP contribution in [0, 0.1) is 0 Å². The van der Waals surface area contributed by atoms with Crippen LogP contribution < -0.4 is 0 Å². The van der Waals surface area contributed by atoms with E-state index in [1.165, 1.54) is 13.0 Å². The molecule has 6 atom stereocenters. The molecule has 2 aliphatic heterocycles. The number of rotatable bonds is 9. The summed E-state index contributed by atoms with van der Waals surface area (Å²) in [6.07, 6.45) is -6.47. The van der Waals surface area contributed by atoms with Crippen molar-refractivity contribution in [2.75, 3.05) is 0 Å². The molecule has 2 bridgehead atoms. The Bertz CT molecular complexity index is 1040. The molecule has 1 aromatic rings. The Morgan fingerprint density at radius 1 is 1.00 bits per heavy atom. The zero-order valence-corrected chi connectivity index (χ0v) is 18.0. The number of hydrogen-bond acceptors (Lipinski definition) is 9. The Labute approximate surface area is 192 Å². The van der Waals surface area contributed by atoms with Crippen molar-refractivity contribution >= 4 is 23.7 Å². The van der Waals surface area contributed by atoms with Gasteiger partial charge in [0.2, 0.25) is 23.1 Å². The topological polar surface area (TPSA) is 208 Å². The molecule has 2 heterocycles. The van der Waals surface area contributed by atoms with E-state index in [4.69, 9.17) is 9.47 Å². The van der Waals surface area contributed by atoms with Crippen molar-refractivity contribution in [2.45, 2.75) is 61.5 Å². The third-order valence-electron chi connectivity index (χ3n) is 6.25. The summed E-state index contributed by atoms with van der Waals surface area (Å²) in [5.41, 5.74) is -6.20. The second kappa shape index (κ2) is 8.89. The number of aliphatic hydroxyl groups is 3. The molecule has 0 spiro atoms. The molecular formula is C22H24O12. The fourth-order valence-corrected chi connectivity index (χ4v) is 4.29. The van der Waals surface area contributed by atoms with Crippen molar-refractivity contribution in [2.24, 2.45) is 0 Å². The monoisotopic (exact) mass is 480 g/mol. The molecule has 6 N–H and O–H groups in total. The van der Waals surface area contributed by atoms with Crippen molar-refractivity contribution in [1.82, 2.24) is 0 Å². The van der Waals surface area contributed by atoms with Gasteiger partial charge in [-0.25, -0.2) is 14.4 Å². The van der Waals surface area contributed by atoms with E-state index in [-0.39, 0.29) is 17.8 Å². The molecule has 0 amide bonds. The van der Waals surface area contributed by atoms with E-state index >= 15 is 0 Å². The van der Waals surface area contributed by atoms with E-state index in [0.717, 1.165) is 5.56 Å². The van der Waals surface area contributed by atoms with Gasteiger partial charge >= 0.3 is 17.9 Å². The molecule has 184 valence electrons. The summed E-state index contributed by atoms with van der Waals surface area (Å²) in [5, 5.41) is 60.4. The third-order valence-corrected chi connectivity index (χ3v) is 6.25. The summed E-state index contributed by atoms with van der Waals surface area (Å²) in [6.45, 7) is 1.43. The number of ether oxygens (including phenoxy) is 2. The lowest BCUT2D eigenvalue weighted by atomic mass is 9.74. The fraction of sp³-hybridized carbons (Fsp3) is 0.455. The number of aryl methyl sites for hydroxylation is 1. The molecule has 6 unspecified atom stereocenters. The maximum atomic E-state index is 12.5. The number of fused-ring (bicyclic) bond motifs is 2. The van der Waals surface area contributed by atoms with Crippen molar-refractivity contribution in [3.05, 3.63) is 47.5 Å². The molecule has 2 aliphatic rings. The number of carbonyl (C=O) groups excluding carboxylic acids is 1. The Hall–Kier alpha value is -3.16. The van der Waals surface area contributed by atoms with E-state index in [1.807, 2.05) is 30.3 Å². The molecule has 3 rings (SSSR count). The number of Topliss-reactive ketones (excluding diaryl/α,β-unsaturated/α-hetero) is 1. The minimum atomic E-state index is -3.80. The molecule has 2 fully saturated rings. The van der Waals surface area contributed by atoms with Crippen LogP contribution in [-0.2, 0) is 35.1 Å². The number of benzene rings is 1. The Morgan fingerprint density at radius 2 is 1.62 bits per heavy atom. The van der Waals surface area contributed by atoms with Crippen LogP contribution in [0.15, 0.2) is 42.0 Å². The van der Waals surface area contributed by atoms with Crippen LogP contribution in [0.3, 0.4) is 0 Å². The highest BCUT2D eigenvalue weighted by Gasteiger charge is 2.84. The van der Waals surface area contributed by atoms with Crippen LogP contribution >= 0.6 is 0 Å². The minimum Gasteiger partial charge on any atom is -0.479 e. The lowest BCUT2D eigenvalue weighted by Gasteiger charge is -2.48. The number of carboxylic acid groups (broad SMARTS) is 3. The number of aliphatic carboxylic acids is 3. The number of allylic oxidation sites excluding steroid dienone is 1. The number of carbonyl (C=O) groups is 4. The molecule has 0 saturated carbocycles. The smallest absolute Gasteiger partial charge is 0.343 e. The predicted molar refractivity (Wildman–Crippen MR) is 109 cm³/mol. The lowest BCUT2D eigenvalue weighted by Crippen LogP contribution is -2.77. The first kappa shape index (κ1) is 25.5. The maximum Gasteiger partial charge on any atom is 0.343 e. The zero-order valence-electron chi connectivity index (χ0n) is 18.0. The van der Waals surface area contributed by atoms with Crippen molar-refractivity contribution in [3.63, 3.8) is 0 Å². The van der Waals surface area contributed by atoms with Gasteiger partial charge in [0.05, 0.1) is 0 Å². The van der Waals surface area contributed by atoms with Gasteiger partial charge in [0.1, 0.15) is 12.2 Å². The highest BCUT2D eigenvalue weighted by molar-refractivity contribution is 5.98. The largest absolute Gasteiger partial charge is 0.479 e. The highest BCUT2D eigenvalue weighted by Crippen LogP contribution is 2.54. The van der Waals surface area contributed by atoms with Crippen molar-refractivity contribution in [1.29, 1.82) is 0 Å². The summed E-state index contributed by atoms with van der Waals surface area (Å²) >= 11 is 0. The van der Waals surface area contributed by atoms with Gasteiger partial charge in [-0.15, -0.1) is 0 Å². The highest BCUT2D eigenvalue weighted by atomic mass is 16.8. The van der Waals surface area contributed by atoms with Gasteiger partial charge in [0.15, 0.2) is 5.78 Å². The second-order valence-corrected chi connectivity index (χ2v) is 8.25. The Kier molecular flexibility index (Phi) is 6.66. The van der Waals surface area contributed by atoms with Gasteiger partial charge in [-0.1, -0.05) is 36.4 Å². The van der Waals surface area contributed by atoms with E-state index in [9.17, 15) is 49.8 Å². The molecule has 12 nitrogen and oxygen atoms in total. The van der Waals surface area contributed by atoms with Crippen molar-refractivity contribution in [3.8, 4) is 0 Å². The molecule has 0 aliphatic carbocycles. The van der Waals surface area contributed by atoms with Gasteiger partial charge < -0.3 is 40.1 Å². The zero-order chi connectivity index (χ0) is 25.5. The average molecular weight is 480 g/mol. The van der Waals surface area contributed by atoms with Crippen molar-refractivity contribution < 1.29 is 59.3 Å². The predicted octanol–water partition coefficient (Wildman–Crippen LogP) is -0.904. The van der Waals surface area contributed by atoms with E-state index in [2.05, 4.69) is 0 Å². The average Bonchev–Trinajstić information content (AvgIpc) is 2.99. The Morgan fingerprint density at radius 3 is 2.15 bits per heavy atom. The van der Waals surface area contributed by atoms with Crippen LogP contribution in [0.4, 0.5) is 0 Å². The van der Waals surface area contributed by atoms with Crippen LogP contribution in [0.5, 0.6) is 0 Å². The normalized spacial score (nSPS) is 35.1. The standard InChI is InChI=1S/C22H24O12/c1-11(13(23)8-7-12-5-3-2-4-6-12)9-10-20-14(24)15(25)22(34-20,19(30)31)21(32,18(28)29)16(33-20)17(26)27/h2-6,9,14-16,24-25,32H,7-8,10H2,1H3,(H,26,27)(H,28,29)(H,30,31). The third kappa shape index (κ3) is 3.69. The molecule has 34 heavy (non-hydrogen) atoms. The van der Waals surface area contributed by atoms with Gasteiger partial charge in [0.25, 0.3) is 0 Å². The number of ketones is 1. The van der Waals surface area contributed by atoms with Crippen LogP contribution in [0.1, 0.15) is 25.3 Å². The van der Waals surface area contributed by atoms with E-state index in [1.54, 1.807) is 0 Å². The number of carboxylic acids is 3. The molecule has 1 aromatic carbocycles. The Balaban J connectivity index is 1.92. The van der Waals surface area contributed by atoms with E-state index < -0.39 is 59.6 Å². The molecule has 2 saturated heterocycles. The fourth-order valence-electron chi connectivity index (χ4n) is 4.29. The second-order valence-electron chi connectivity index (χ2n) is 8.25. The first-order valence-electron chi connectivity index (χ1n) is 10.2. The van der Waals surface area contributed by atoms with Crippen LogP contribution in [0.25, 0.3) is 0 Å². The van der Waals surface area contributed by atoms with Crippen LogP contribution in [0.2, 0.25) is 0 Å². The SMILES string of the molecule is CC(=CCC12OC(C(=O)O)C(O)(C(=O)O)C(C(=O)O)(O1)C(O)C2O)C(=O)CCc1ccccc1. The van der Waals surface area contributed by atoms with Crippen LogP contribution in [-0.4, -0.2) is 89.6 Å². The van der Waals surface area contributed by atoms with E-state index in [0.29, 0.717) is 6.42 Å². The minimum absolute atomic E-state index is 0.113. The number of hydrogen-bond donors (Lipinski definition) is 6. The molecule has 0 aromatic heterocycles. The summed E-state index contributed by atoms with van der Waals surface area (Å²) in [7, 11) is 0. The molecule has 12 heteroatoms. The first-order valence-corrected chi connectivity index (χ1v) is 10.2. The van der Waals surface area contributed by atoms with Gasteiger partial charge in [0, 0.05) is 12.8 Å². The first-order chi connectivity index (χ1) is 15.8. The van der Waals surface area contributed by atoms with Gasteiger partial charge in [-0.2, -0.15) is 0 Å². The van der Waals surface area contributed by atoms with Gasteiger partial charge in [-0.05, 0) is 24.5 Å². The van der Waals surface area contributed by atoms with Gasteiger partial charge in [-0.3, -0.25) is 4.79 Å². The molecule has 0 radical (unpaired) electrons. The maximum absolute atomic E-state index is 12.5.